The van der Waals surface area contributed by atoms with Crippen LogP contribution in [0.5, 0.6) is 0 Å². The predicted molar refractivity (Wildman–Crippen MR) is 105 cm³/mol. The normalized spacial score (nSPS) is 23.9. The quantitative estimate of drug-likeness (QED) is 0.711. The summed E-state index contributed by atoms with van der Waals surface area (Å²) in [6.07, 6.45) is 4.95. The number of carbonyl (C=O) groups is 1. The van der Waals surface area contributed by atoms with Crippen molar-refractivity contribution in [2.24, 2.45) is 16.6 Å². The zero-order valence-electron chi connectivity index (χ0n) is 16.4. The molecule has 6 heteroatoms. The van der Waals surface area contributed by atoms with E-state index in [-0.39, 0.29) is 24.3 Å². The van der Waals surface area contributed by atoms with Crippen molar-refractivity contribution in [1.29, 1.82) is 0 Å². The van der Waals surface area contributed by atoms with Gasteiger partial charge >= 0.3 is 0 Å². The SMILES string of the molecule is CCOC(CN1C(=O)C(c2ccccc2)(C2CCCCC2)N=C1N)OCC. The molecule has 1 saturated carbocycles. The van der Waals surface area contributed by atoms with Gasteiger partial charge in [-0.1, -0.05) is 49.6 Å². The molecule has 1 aromatic rings. The molecule has 1 amide bonds. The Balaban J connectivity index is 1.94. The molecule has 1 atom stereocenters. The van der Waals surface area contributed by atoms with Crippen LogP contribution in [-0.4, -0.2) is 42.8 Å². The van der Waals surface area contributed by atoms with E-state index in [1.165, 1.54) is 6.42 Å². The summed E-state index contributed by atoms with van der Waals surface area (Å²) in [5.74, 6) is 0.378. The number of hydrogen-bond donors (Lipinski definition) is 1. The molecule has 1 heterocycles. The van der Waals surface area contributed by atoms with Crippen molar-refractivity contribution in [3.63, 3.8) is 0 Å². The van der Waals surface area contributed by atoms with Gasteiger partial charge in [0.15, 0.2) is 17.8 Å². The van der Waals surface area contributed by atoms with Crippen LogP contribution in [0.15, 0.2) is 35.3 Å². The molecule has 27 heavy (non-hydrogen) atoms. The van der Waals surface area contributed by atoms with Gasteiger partial charge in [-0.3, -0.25) is 9.69 Å². The highest BCUT2D eigenvalue weighted by Crippen LogP contribution is 2.46. The van der Waals surface area contributed by atoms with Crippen molar-refractivity contribution >= 4 is 11.9 Å². The maximum absolute atomic E-state index is 13.7. The highest BCUT2D eigenvalue weighted by molar-refractivity contribution is 6.07. The van der Waals surface area contributed by atoms with Gasteiger partial charge in [-0.25, -0.2) is 4.99 Å². The smallest absolute Gasteiger partial charge is 0.262 e. The zero-order chi connectivity index (χ0) is 19.3. The number of hydrogen-bond acceptors (Lipinski definition) is 5. The van der Waals surface area contributed by atoms with E-state index in [0.29, 0.717) is 13.2 Å². The van der Waals surface area contributed by atoms with E-state index in [0.717, 1.165) is 31.2 Å². The number of nitrogens with two attached hydrogens (primary N) is 1. The average molecular weight is 373 g/mol. The first kappa shape index (κ1) is 19.8. The Kier molecular flexibility index (Phi) is 6.50. The van der Waals surface area contributed by atoms with Gasteiger partial charge in [0.1, 0.15) is 0 Å². The Morgan fingerprint density at radius 3 is 2.37 bits per heavy atom. The van der Waals surface area contributed by atoms with Crippen molar-refractivity contribution in [2.75, 3.05) is 19.8 Å². The molecule has 0 spiro atoms. The van der Waals surface area contributed by atoms with Gasteiger partial charge in [-0.15, -0.1) is 0 Å². The Bertz CT molecular complexity index is 652. The summed E-state index contributed by atoms with van der Waals surface area (Å²) in [7, 11) is 0. The standard InChI is InChI=1S/C21H31N3O3/c1-3-26-18(27-4-2)15-24-19(25)21(23-20(24)22,16-11-7-5-8-12-16)17-13-9-6-10-14-17/h5,7-8,11-12,17-18H,3-4,6,9-10,13-15H2,1-2H3,(H2,22,23). The highest BCUT2D eigenvalue weighted by atomic mass is 16.7. The summed E-state index contributed by atoms with van der Waals surface area (Å²) in [5, 5.41) is 0. The second-order valence-electron chi connectivity index (χ2n) is 7.19. The fraction of sp³-hybridized carbons (Fsp3) is 0.619. The van der Waals surface area contributed by atoms with Gasteiger partial charge in [-0.2, -0.15) is 0 Å². The summed E-state index contributed by atoms with van der Waals surface area (Å²) < 4.78 is 11.3. The van der Waals surface area contributed by atoms with Crippen molar-refractivity contribution < 1.29 is 14.3 Å². The molecule has 0 aromatic heterocycles. The lowest BCUT2D eigenvalue weighted by atomic mass is 9.71. The topological polar surface area (TPSA) is 77.2 Å². The second-order valence-corrected chi connectivity index (χ2v) is 7.19. The third-order valence-electron chi connectivity index (χ3n) is 5.59. The van der Waals surface area contributed by atoms with Crippen LogP contribution in [0.25, 0.3) is 0 Å². The number of aliphatic imine (C=N–C) groups is 1. The zero-order valence-corrected chi connectivity index (χ0v) is 16.4. The van der Waals surface area contributed by atoms with E-state index in [4.69, 9.17) is 20.2 Å². The summed E-state index contributed by atoms with van der Waals surface area (Å²) in [5.41, 5.74) is 6.28. The molecule has 1 unspecified atom stereocenters. The average Bonchev–Trinajstić information content (AvgIpc) is 2.95. The van der Waals surface area contributed by atoms with E-state index in [9.17, 15) is 4.79 Å². The number of ether oxygens (including phenoxy) is 2. The fourth-order valence-corrected chi connectivity index (χ4v) is 4.35. The minimum Gasteiger partial charge on any atom is -0.369 e. The lowest BCUT2D eigenvalue weighted by Gasteiger charge is -2.37. The van der Waals surface area contributed by atoms with E-state index in [1.54, 1.807) is 4.90 Å². The molecule has 1 fully saturated rings. The van der Waals surface area contributed by atoms with Crippen molar-refractivity contribution in [3.8, 4) is 0 Å². The third kappa shape index (κ3) is 3.87. The molecule has 2 N–H and O–H groups in total. The Morgan fingerprint density at radius 2 is 1.78 bits per heavy atom. The molecular formula is C21H31N3O3. The Labute approximate surface area is 161 Å². The van der Waals surface area contributed by atoms with Crippen LogP contribution in [0, 0.1) is 5.92 Å². The van der Waals surface area contributed by atoms with Gasteiger partial charge in [0.05, 0.1) is 6.54 Å². The molecular weight excluding hydrogens is 342 g/mol. The van der Waals surface area contributed by atoms with Gasteiger partial charge < -0.3 is 15.2 Å². The first-order chi connectivity index (χ1) is 13.1. The molecule has 2 aliphatic rings. The fourth-order valence-electron chi connectivity index (χ4n) is 4.35. The minimum absolute atomic E-state index is 0.0532. The van der Waals surface area contributed by atoms with Crippen molar-refractivity contribution in [2.45, 2.75) is 57.8 Å². The molecule has 1 aliphatic heterocycles. The Morgan fingerprint density at radius 1 is 1.15 bits per heavy atom. The number of benzene rings is 1. The third-order valence-corrected chi connectivity index (χ3v) is 5.59. The number of amides is 1. The van der Waals surface area contributed by atoms with Gasteiger partial charge in [-0.05, 0) is 38.2 Å². The molecule has 1 aliphatic carbocycles. The van der Waals surface area contributed by atoms with Crippen LogP contribution in [0.3, 0.4) is 0 Å². The van der Waals surface area contributed by atoms with Gasteiger partial charge in [0.2, 0.25) is 0 Å². The first-order valence-electron chi connectivity index (χ1n) is 10.1. The molecule has 148 valence electrons. The minimum atomic E-state index is -0.922. The number of guanidine groups is 1. The number of nitrogens with zero attached hydrogens (tertiary/aromatic N) is 2. The molecule has 1 aromatic carbocycles. The van der Waals surface area contributed by atoms with Crippen molar-refractivity contribution in [3.05, 3.63) is 35.9 Å². The Hall–Kier alpha value is -1.92. The number of rotatable bonds is 8. The largest absolute Gasteiger partial charge is 0.369 e. The van der Waals surface area contributed by atoms with Crippen molar-refractivity contribution in [1.82, 2.24) is 4.90 Å². The number of carbonyl (C=O) groups excluding carboxylic acids is 1. The second kappa shape index (κ2) is 8.85. The highest BCUT2D eigenvalue weighted by Gasteiger charge is 2.54. The lowest BCUT2D eigenvalue weighted by Crippen LogP contribution is -2.49. The van der Waals surface area contributed by atoms with Crippen LogP contribution in [-0.2, 0) is 19.8 Å². The summed E-state index contributed by atoms with van der Waals surface area (Å²) >= 11 is 0. The van der Waals surface area contributed by atoms with E-state index in [1.807, 2.05) is 44.2 Å². The van der Waals surface area contributed by atoms with E-state index in [2.05, 4.69) is 0 Å². The van der Waals surface area contributed by atoms with Crippen LogP contribution >= 0.6 is 0 Å². The van der Waals surface area contributed by atoms with Gasteiger partial charge in [0.25, 0.3) is 5.91 Å². The summed E-state index contributed by atoms with van der Waals surface area (Å²) in [6.45, 7) is 5.10. The van der Waals surface area contributed by atoms with Gasteiger partial charge in [0, 0.05) is 13.2 Å². The van der Waals surface area contributed by atoms with Crippen LogP contribution in [0.2, 0.25) is 0 Å². The molecule has 0 saturated heterocycles. The van der Waals surface area contributed by atoms with Crippen LogP contribution in [0.1, 0.15) is 51.5 Å². The molecule has 0 radical (unpaired) electrons. The lowest BCUT2D eigenvalue weighted by molar-refractivity contribution is -0.154. The van der Waals surface area contributed by atoms with E-state index < -0.39 is 11.8 Å². The maximum Gasteiger partial charge on any atom is 0.262 e. The summed E-state index contributed by atoms with van der Waals surface area (Å²) in [6, 6.07) is 9.88. The maximum atomic E-state index is 13.7. The summed E-state index contributed by atoms with van der Waals surface area (Å²) in [4.78, 5) is 20.1. The van der Waals surface area contributed by atoms with Crippen LogP contribution in [0.4, 0.5) is 0 Å². The molecule has 6 nitrogen and oxygen atoms in total. The predicted octanol–water partition coefficient (Wildman–Crippen LogP) is 3.02. The molecule has 3 rings (SSSR count). The molecule has 0 bridgehead atoms. The monoisotopic (exact) mass is 373 g/mol. The van der Waals surface area contributed by atoms with Crippen LogP contribution < -0.4 is 5.73 Å². The van der Waals surface area contributed by atoms with E-state index >= 15 is 0 Å². The first-order valence-corrected chi connectivity index (χ1v) is 10.1.